The number of carbonyl (C=O) groups excluding carboxylic acids is 1. The molecular weight excluding hydrogens is 226 g/mol. The lowest BCUT2D eigenvalue weighted by molar-refractivity contribution is -0.132. The number of hydrogen-bond donors (Lipinski definition) is 3. The SMILES string of the molecule is CC(=O)NCCC/C(S)=C/C=C(\C)C(=O)O. The average molecular weight is 243 g/mol. The maximum atomic E-state index is 10.6. The van der Waals surface area contributed by atoms with Crippen LogP contribution in [0, 0.1) is 0 Å². The Labute approximate surface area is 101 Å². The smallest absolute Gasteiger partial charge is 0.331 e. The second-order valence-corrected chi connectivity index (χ2v) is 3.97. The Morgan fingerprint density at radius 3 is 2.44 bits per heavy atom. The Morgan fingerprint density at radius 1 is 1.31 bits per heavy atom. The molecule has 0 spiro atoms. The van der Waals surface area contributed by atoms with Gasteiger partial charge in [-0.2, -0.15) is 0 Å². The van der Waals surface area contributed by atoms with Gasteiger partial charge in [-0.25, -0.2) is 4.79 Å². The molecule has 0 atom stereocenters. The number of carbonyl (C=O) groups is 2. The highest BCUT2D eigenvalue weighted by Gasteiger charge is 1.97. The molecule has 0 unspecified atom stereocenters. The van der Waals surface area contributed by atoms with Gasteiger partial charge in [0, 0.05) is 19.0 Å². The largest absolute Gasteiger partial charge is 0.478 e. The van der Waals surface area contributed by atoms with E-state index in [2.05, 4.69) is 17.9 Å². The van der Waals surface area contributed by atoms with Gasteiger partial charge in [0.2, 0.25) is 5.91 Å². The van der Waals surface area contributed by atoms with Gasteiger partial charge in [0.05, 0.1) is 0 Å². The molecule has 0 aliphatic heterocycles. The maximum absolute atomic E-state index is 10.6. The second kappa shape index (κ2) is 7.98. The number of carboxylic acids is 1. The molecule has 0 aliphatic rings. The van der Waals surface area contributed by atoms with E-state index in [0.29, 0.717) is 13.0 Å². The molecular formula is C11H17NO3S. The van der Waals surface area contributed by atoms with E-state index in [4.69, 9.17) is 5.11 Å². The molecule has 0 saturated carbocycles. The van der Waals surface area contributed by atoms with Gasteiger partial charge in [0.25, 0.3) is 0 Å². The first-order valence-electron chi connectivity index (χ1n) is 4.97. The zero-order valence-corrected chi connectivity index (χ0v) is 10.4. The number of rotatable bonds is 6. The van der Waals surface area contributed by atoms with Crippen molar-refractivity contribution in [3.63, 3.8) is 0 Å². The molecule has 0 bridgehead atoms. The standard InChI is InChI=1S/C11H17NO3S/c1-8(11(14)15)5-6-10(16)4-3-7-12-9(2)13/h5-6,16H,3-4,7H2,1-2H3,(H,12,13)(H,14,15)/b8-5+,10-6-. The van der Waals surface area contributed by atoms with Crippen LogP contribution in [0.5, 0.6) is 0 Å². The molecule has 0 aromatic carbocycles. The highest BCUT2D eigenvalue weighted by molar-refractivity contribution is 7.84. The molecule has 0 saturated heterocycles. The van der Waals surface area contributed by atoms with Crippen LogP contribution in [0.1, 0.15) is 26.7 Å². The van der Waals surface area contributed by atoms with Crippen molar-refractivity contribution >= 4 is 24.5 Å². The van der Waals surface area contributed by atoms with Crippen LogP contribution in [0.15, 0.2) is 22.6 Å². The number of thiol groups is 1. The number of nitrogens with one attached hydrogen (secondary N) is 1. The Kier molecular flexibility index (Phi) is 7.37. The minimum atomic E-state index is -0.935. The van der Waals surface area contributed by atoms with Crippen molar-refractivity contribution in [1.82, 2.24) is 5.32 Å². The average Bonchev–Trinajstić information content (AvgIpc) is 2.20. The monoisotopic (exact) mass is 243 g/mol. The van der Waals surface area contributed by atoms with Gasteiger partial charge in [-0.3, -0.25) is 4.79 Å². The summed E-state index contributed by atoms with van der Waals surface area (Å²) < 4.78 is 0. The van der Waals surface area contributed by atoms with E-state index in [0.717, 1.165) is 11.3 Å². The fourth-order valence-electron chi connectivity index (χ4n) is 0.910. The molecule has 0 radical (unpaired) electrons. The zero-order valence-electron chi connectivity index (χ0n) is 9.49. The van der Waals surface area contributed by atoms with Gasteiger partial charge in [-0.1, -0.05) is 12.2 Å². The van der Waals surface area contributed by atoms with E-state index in [-0.39, 0.29) is 11.5 Å². The first kappa shape index (κ1) is 14.8. The summed E-state index contributed by atoms with van der Waals surface area (Å²) in [6.07, 6.45) is 4.69. The summed E-state index contributed by atoms with van der Waals surface area (Å²) in [5.74, 6) is -0.984. The summed E-state index contributed by atoms with van der Waals surface area (Å²) in [6, 6.07) is 0. The predicted octanol–water partition coefficient (Wildman–Crippen LogP) is 1.75. The fourth-order valence-corrected chi connectivity index (χ4v) is 1.14. The van der Waals surface area contributed by atoms with Gasteiger partial charge < -0.3 is 10.4 Å². The molecule has 0 aromatic rings. The number of carboxylic acid groups (broad SMARTS) is 1. The topological polar surface area (TPSA) is 66.4 Å². The van der Waals surface area contributed by atoms with E-state index in [1.807, 2.05) is 0 Å². The van der Waals surface area contributed by atoms with E-state index >= 15 is 0 Å². The molecule has 0 rings (SSSR count). The number of hydrogen-bond acceptors (Lipinski definition) is 3. The van der Waals surface area contributed by atoms with Crippen LogP contribution in [0.25, 0.3) is 0 Å². The maximum Gasteiger partial charge on any atom is 0.331 e. The molecule has 4 nitrogen and oxygen atoms in total. The number of aliphatic carboxylic acids is 1. The van der Waals surface area contributed by atoms with Crippen LogP contribution in [0.4, 0.5) is 0 Å². The Bertz CT molecular complexity index is 321. The second-order valence-electron chi connectivity index (χ2n) is 3.40. The van der Waals surface area contributed by atoms with Crippen molar-refractivity contribution in [2.75, 3.05) is 6.54 Å². The van der Waals surface area contributed by atoms with Crippen LogP contribution in [0.3, 0.4) is 0 Å². The first-order chi connectivity index (χ1) is 7.43. The lowest BCUT2D eigenvalue weighted by atomic mass is 10.2. The Hall–Kier alpha value is -1.23. The van der Waals surface area contributed by atoms with Gasteiger partial charge >= 0.3 is 5.97 Å². The summed E-state index contributed by atoms with van der Waals surface area (Å²) in [5.41, 5.74) is 0.272. The molecule has 90 valence electrons. The third-order valence-corrected chi connectivity index (χ3v) is 2.22. The first-order valence-corrected chi connectivity index (χ1v) is 5.42. The highest BCUT2D eigenvalue weighted by Crippen LogP contribution is 2.09. The van der Waals surface area contributed by atoms with E-state index in [9.17, 15) is 9.59 Å². The minimum absolute atomic E-state index is 0.0497. The Balaban J connectivity index is 3.92. The van der Waals surface area contributed by atoms with Crippen LogP contribution in [0.2, 0.25) is 0 Å². The summed E-state index contributed by atoms with van der Waals surface area (Å²) in [6.45, 7) is 3.60. The summed E-state index contributed by atoms with van der Waals surface area (Å²) in [4.78, 5) is 21.8. The predicted molar refractivity (Wildman–Crippen MR) is 66.4 cm³/mol. The Morgan fingerprint density at radius 2 is 1.94 bits per heavy atom. The third-order valence-electron chi connectivity index (χ3n) is 1.85. The number of amides is 1. The van der Waals surface area contributed by atoms with Crippen molar-refractivity contribution in [1.29, 1.82) is 0 Å². The summed E-state index contributed by atoms with van der Waals surface area (Å²) >= 11 is 4.21. The van der Waals surface area contributed by atoms with Crippen LogP contribution in [-0.4, -0.2) is 23.5 Å². The van der Waals surface area contributed by atoms with E-state index in [1.165, 1.54) is 19.9 Å². The van der Waals surface area contributed by atoms with Crippen LogP contribution >= 0.6 is 12.6 Å². The molecule has 2 N–H and O–H groups in total. The fraction of sp³-hybridized carbons (Fsp3) is 0.455. The van der Waals surface area contributed by atoms with Crippen molar-refractivity contribution < 1.29 is 14.7 Å². The van der Waals surface area contributed by atoms with Crippen molar-refractivity contribution in [2.24, 2.45) is 0 Å². The third kappa shape index (κ3) is 8.11. The molecule has 0 aromatic heterocycles. The van der Waals surface area contributed by atoms with Gasteiger partial charge in [0.15, 0.2) is 0 Å². The van der Waals surface area contributed by atoms with E-state index in [1.54, 1.807) is 6.08 Å². The molecule has 0 aliphatic carbocycles. The summed E-state index contributed by atoms with van der Waals surface area (Å²) in [5, 5.41) is 11.3. The normalized spacial score (nSPS) is 12.4. The van der Waals surface area contributed by atoms with Crippen molar-refractivity contribution in [3.8, 4) is 0 Å². The van der Waals surface area contributed by atoms with Crippen molar-refractivity contribution in [3.05, 3.63) is 22.6 Å². The van der Waals surface area contributed by atoms with Crippen molar-refractivity contribution in [2.45, 2.75) is 26.7 Å². The molecule has 5 heteroatoms. The van der Waals surface area contributed by atoms with Gasteiger partial charge in [0.1, 0.15) is 0 Å². The van der Waals surface area contributed by atoms with Gasteiger partial charge in [-0.15, -0.1) is 12.6 Å². The van der Waals surface area contributed by atoms with Crippen LogP contribution < -0.4 is 5.32 Å². The minimum Gasteiger partial charge on any atom is -0.478 e. The lowest BCUT2D eigenvalue weighted by Crippen LogP contribution is -2.20. The number of allylic oxidation sites excluding steroid dienone is 3. The molecule has 0 heterocycles. The van der Waals surface area contributed by atoms with Crippen LogP contribution in [-0.2, 0) is 9.59 Å². The summed E-state index contributed by atoms with van der Waals surface area (Å²) in [7, 11) is 0. The molecule has 1 amide bonds. The highest BCUT2D eigenvalue weighted by atomic mass is 32.1. The van der Waals surface area contributed by atoms with Gasteiger partial charge in [-0.05, 0) is 24.7 Å². The zero-order chi connectivity index (χ0) is 12.6. The lowest BCUT2D eigenvalue weighted by Gasteiger charge is -2.01. The quantitative estimate of drug-likeness (QED) is 0.288. The molecule has 16 heavy (non-hydrogen) atoms. The molecule has 0 fully saturated rings. The van der Waals surface area contributed by atoms with E-state index < -0.39 is 5.97 Å².